The lowest BCUT2D eigenvalue weighted by Gasteiger charge is -2.24. The van der Waals surface area contributed by atoms with E-state index >= 15 is 0 Å². The van der Waals surface area contributed by atoms with Crippen molar-refractivity contribution in [1.29, 1.82) is 5.41 Å². The van der Waals surface area contributed by atoms with Crippen LogP contribution in [0.2, 0.25) is 6.04 Å². The SMILES string of the molecule is CO[Si](CCCNC(=N)N)(OC)OC.Cl. The van der Waals surface area contributed by atoms with Crippen molar-refractivity contribution in [3.05, 3.63) is 0 Å². The highest BCUT2D eigenvalue weighted by Gasteiger charge is 2.36. The van der Waals surface area contributed by atoms with Crippen LogP contribution in [0.15, 0.2) is 0 Å². The minimum atomic E-state index is -2.44. The monoisotopic (exact) mass is 257 g/mol. The first-order valence-corrected chi connectivity index (χ1v) is 6.26. The molecule has 15 heavy (non-hydrogen) atoms. The summed E-state index contributed by atoms with van der Waals surface area (Å²) in [5.41, 5.74) is 5.13. The molecule has 0 fully saturated rings. The molecule has 6 nitrogen and oxygen atoms in total. The molecule has 0 aromatic carbocycles. The third kappa shape index (κ3) is 6.69. The lowest BCUT2D eigenvalue weighted by molar-refractivity contribution is 0.123. The lowest BCUT2D eigenvalue weighted by atomic mass is 10.5. The van der Waals surface area contributed by atoms with Crippen molar-refractivity contribution < 1.29 is 13.3 Å². The second kappa shape index (κ2) is 8.92. The van der Waals surface area contributed by atoms with Gasteiger partial charge in [0.25, 0.3) is 0 Å². The maximum absolute atomic E-state index is 6.95. The fraction of sp³-hybridized carbons (Fsp3) is 0.857. The van der Waals surface area contributed by atoms with Crippen LogP contribution in [-0.2, 0) is 13.3 Å². The van der Waals surface area contributed by atoms with Crippen LogP contribution < -0.4 is 11.1 Å². The van der Waals surface area contributed by atoms with Crippen LogP contribution in [0.3, 0.4) is 0 Å². The molecule has 4 N–H and O–H groups in total. The zero-order valence-corrected chi connectivity index (χ0v) is 11.1. The first-order valence-electron chi connectivity index (χ1n) is 4.33. The molecule has 8 heteroatoms. The van der Waals surface area contributed by atoms with Gasteiger partial charge < -0.3 is 24.3 Å². The van der Waals surface area contributed by atoms with E-state index < -0.39 is 8.80 Å². The summed E-state index contributed by atoms with van der Waals surface area (Å²) in [5.74, 6) is -0.0236. The number of guanidine groups is 1. The van der Waals surface area contributed by atoms with Crippen LogP contribution >= 0.6 is 12.4 Å². The van der Waals surface area contributed by atoms with E-state index in [9.17, 15) is 0 Å². The molecule has 0 aromatic rings. The fourth-order valence-corrected chi connectivity index (χ4v) is 2.81. The van der Waals surface area contributed by atoms with E-state index in [0.717, 1.165) is 6.42 Å². The minimum Gasteiger partial charge on any atom is -0.377 e. The molecule has 0 radical (unpaired) electrons. The van der Waals surface area contributed by atoms with E-state index in [-0.39, 0.29) is 18.4 Å². The summed E-state index contributed by atoms with van der Waals surface area (Å²) in [6.07, 6.45) is 0.793. The quantitative estimate of drug-likeness (QED) is 0.262. The van der Waals surface area contributed by atoms with Crippen molar-refractivity contribution in [1.82, 2.24) is 5.32 Å². The van der Waals surface area contributed by atoms with Gasteiger partial charge in [-0.05, 0) is 6.42 Å². The molecular weight excluding hydrogens is 238 g/mol. The summed E-state index contributed by atoms with van der Waals surface area (Å²) < 4.78 is 15.7. The number of hydrogen-bond acceptors (Lipinski definition) is 4. The number of nitrogens with one attached hydrogen (secondary N) is 2. The molecule has 0 aliphatic rings. The Kier molecular flexibility index (Phi) is 10.2. The Morgan fingerprint density at radius 3 is 2.07 bits per heavy atom. The molecule has 0 bridgehead atoms. The topological polar surface area (TPSA) is 89.6 Å². The first-order chi connectivity index (χ1) is 6.60. The van der Waals surface area contributed by atoms with Crippen molar-refractivity contribution >= 4 is 27.2 Å². The highest BCUT2D eigenvalue weighted by Crippen LogP contribution is 2.13. The third-order valence-electron chi connectivity index (χ3n) is 1.91. The highest BCUT2D eigenvalue weighted by atomic mass is 35.5. The second-order valence-electron chi connectivity index (χ2n) is 2.74. The van der Waals surface area contributed by atoms with Gasteiger partial charge in [0.1, 0.15) is 0 Å². The normalized spacial score (nSPS) is 10.6. The molecule has 0 aliphatic carbocycles. The van der Waals surface area contributed by atoms with E-state index in [1.807, 2.05) is 0 Å². The summed E-state index contributed by atoms with van der Waals surface area (Å²) in [6, 6.07) is 0.705. The van der Waals surface area contributed by atoms with Crippen molar-refractivity contribution in [3.63, 3.8) is 0 Å². The molecule has 92 valence electrons. The summed E-state index contributed by atoms with van der Waals surface area (Å²) in [7, 11) is 2.30. The van der Waals surface area contributed by atoms with Gasteiger partial charge in [0.2, 0.25) is 0 Å². The zero-order chi connectivity index (χ0) is 11.0. The van der Waals surface area contributed by atoms with Gasteiger partial charge in [0.15, 0.2) is 5.96 Å². The third-order valence-corrected chi connectivity index (χ3v) is 4.74. The van der Waals surface area contributed by atoms with Gasteiger partial charge >= 0.3 is 8.80 Å². The van der Waals surface area contributed by atoms with E-state index in [1.165, 1.54) is 0 Å². The molecule has 0 saturated carbocycles. The molecular formula is C7H20ClN3O3Si. The molecule has 0 spiro atoms. The zero-order valence-electron chi connectivity index (χ0n) is 9.33. The maximum Gasteiger partial charge on any atom is 0.500 e. The fourth-order valence-electron chi connectivity index (χ4n) is 1.08. The van der Waals surface area contributed by atoms with E-state index in [2.05, 4.69) is 5.32 Å². The first kappa shape index (κ1) is 17.1. The Bertz CT molecular complexity index is 173. The van der Waals surface area contributed by atoms with Gasteiger partial charge in [0, 0.05) is 33.9 Å². The molecule has 0 atom stereocenters. The number of halogens is 1. The van der Waals surface area contributed by atoms with Crippen LogP contribution in [-0.4, -0.2) is 42.6 Å². The molecule has 0 heterocycles. The van der Waals surface area contributed by atoms with Gasteiger partial charge in [-0.2, -0.15) is 0 Å². The summed E-state index contributed by atoms with van der Waals surface area (Å²) in [4.78, 5) is 0. The Morgan fingerprint density at radius 1 is 1.27 bits per heavy atom. The standard InChI is InChI=1S/C7H19N3O3Si.ClH/c1-11-14(12-2,13-3)6-4-5-10-7(8)9;/h4-6H2,1-3H3,(H4,8,9,10);1H. The Balaban J connectivity index is 0. The Labute approximate surface area is 97.7 Å². The smallest absolute Gasteiger partial charge is 0.377 e. The van der Waals surface area contributed by atoms with Crippen LogP contribution in [0.1, 0.15) is 6.42 Å². The number of rotatable bonds is 7. The Morgan fingerprint density at radius 2 is 1.73 bits per heavy atom. The van der Waals surface area contributed by atoms with Crippen molar-refractivity contribution in [3.8, 4) is 0 Å². The Hall–Kier alpha value is -0.343. The molecule has 0 amide bonds. The van der Waals surface area contributed by atoms with Gasteiger partial charge in [-0.25, -0.2) is 0 Å². The average molecular weight is 258 g/mol. The molecule has 0 aliphatic heterocycles. The van der Waals surface area contributed by atoms with Gasteiger partial charge in [-0.15, -0.1) is 12.4 Å². The van der Waals surface area contributed by atoms with Crippen LogP contribution in [0, 0.1) is 5.41 Å². The predicted molar refractivity (Wildman–Crippen MR) is 63.4 cm³/mol. The van der Waals surface area contributed by atoms with Crippen molar-refractivity contribution in [2.24, 2.45) is 5.73 Å². The molecule has 0 unspecified atom stereocenters. The average Bonchev–Trinajstić information content (AvgIpc) is 2.19. The van der Waals surface area contributed by atoms with Crippen molar-refractivity contribution in [2.75, 3.05) is 27.9 Å². The summed E-state index contributed by atoms with van der Waals surface area (Å²) in [6.45, 7) is 0.625. The highest BCUT2D eigenvalue weighted by molar-refractivity contribution is 6.60. The van der Waals surface area contributed by atoms with Gasteiger partial charge in [-0.3, -0.25) is 5.41 Å². The summed E-state index contributed by atoms with van der Waals surface area (Å²) >= 11 is 0. The van der Waals surface area contributed by atoms with E-state index in [1.54, 1.807) is 21.3 Å². The van der Waals surface area contributed by atoms with Crippen LogP contribution in [0.5, 0.6) is 0 Å². The van der Waals surface area contributed by atoms with Crippen molar-refractivity contribution in [2.45, 2.75) is 12.5 Å². The van der Waals surface area contributed by atoms with E-state index in [4.69, 9.17) is 24.4 Å². The number of nitrogens with two attached hydrogens (primary N) is 1. The van der Waals surface area contributed by atoms with Gasteiger partial charge in [0.05, 0.1) is 0 Å². The maximum atomic E-state index is 6.95. The molecule has 0 aromatic heterocycles. The van der Waals surface area contributed by atoms with E-state index in [0.29, 0.717) is 12.6 Å². The second-order valence-corrected chi connectivity index (χ2v) is 5.83. The van der Waals surface area contributed by atoms with Gasteiger partial charge in [-0.1, -0.05) is 0 Å². The minimum absolute atomic E-state index is 0. The predicted octanol–water partition coefficient (Wildman–Crippen LogP) is 0.159. The van der Waals surface area contributed by atoms with Crippen LogP contribution in [0.4, 0.5) is 0 Å². The molecule has 0 rings (SSSR count). The summed E-state index contributed by atoms with van der Waals surface area (Å²) in [5, 5.41) is 9.65. The lowest BCUT2D eigenvalue weighted by Crippen LogP contribution is -2.43. The number of hydrogen-bond donors (Lipinski definition) is 3. The largest absolute Gasteiger partial charge is 0.500 e. The molecule has 0 saturated heterocycles. The van der Waals surface area contributed by atoms with Crippen LogP contribution in [0.25, 0.3) is 0 Å².